The van der Waals surface area contributed by atoms with Crippen molar-refractivity contribution in [3.05, 3.63) is 71.1 Å². The Hall–Kier alpha value is -1.92. The van der Waals surface area contributed by atoms with E-state index in [1.807, 2.05) is 16.7 Å². The molecular formula is C17H13BrFNO2S. The van der Waals surface area contributed by atoms with Gasteiger partial charge in [-0.2, -0.15) is 0 Å². The van der Waals surface area contributed by atoms with Crippen LogP contribution in [0.5, 0.6) is 0 Å². The van der Waals surface area contributed by atoms with Gasteiger partial charge in [-0.25, -0.2) is 12.8 Å². The minimum Gasteiger partial charge on any atom is -0.304 e. The van der Waals surface area contributed by atoms with E-state index in [0.29, 0.717) is 0 Å². The highest BCUT2D eigenvalue weighted by Gasteiger charge is 2.12. The van der Waals surface area contributed by atoms with E-state index in [9.17, 15) is 12.8 Å². The molecule has 0 aliphatic rings. The zero-order valence-corrected chi connectivity index (χ0v) is 14.6. The van der Waals surface area contributed by atoms with Crippen LogP contribution in [0.1, 0.15) is 0 Å². The van der Waals surface area contributed by atoms with Crippen molar-refractivity contribution in [2.75, 3.05) is 6.26 Å². The van der Waals surface area contributed by atoms with Crippen LogP contribution in [0, 0.1) is 5.82 Å². The maximum Gasteiger partial charge on any atom is 0.175 e. The Morgan fingerprint density at radius 1 is 0.913 bits per heavy atom. The zero-order valence-electron chi connectivity index (χ0n) is 12.2. The number of rotatable bonds is 3. The molecule has 1 aromatic heterocycles. The predicted molar refractivity (Wildman–Crippen MR) is 92.0 cm³/mol. The van der Waals surface area contributed by atoms with E-state index in [1.165, 1.54) is 18.4 Å². The fourth-order valence-corrected chi connectivity index (χ4v) is 3.52. The van der Waals surface area contributed by atoms with E-state index in [-0.39, 0.29) is 10.7 Å². The number of sulfone groups is 1. The number of nitrogens with zero attached hydrogens (tertiary/aromatic N) is 1. The average molecular weight is 394 g/mol. The van der Waals surface area contributed by atoms with Gasteiger partial charge >= 0.3 is 0 Å². The number of halogens is 2. The SMILES string of the molecule is CS(=O)(=O)c1ccc(-c2ccc(Br)n2-c2ccc(F)cc2)cc1. The van der Waals surface area contributed by atoms with Gasteiger partial charge in [0.25, 0.3) is 0 Å². The monoisotopic (exact) mass is 393 g/mol. The molecule has 0 radical (unpaired) electrons. The van der Waals surface area contributed by atoms with Crippen LogP contribution >= 0.6 is 15.9 Å². The summed E-state index contributed by atoms with van der Waals surface area (Å²) < 4.78 is 39.0. The fourth-order valence-electron chi connectivity index (χ4n) is 2.36. The highest BCUT2D eigenvalue weighted by atomic mass is 79.9. The first-order chi connectivity index (χ1) is 10.9. The molecule has 0 saturated heterocycles. The molecule has 118 valence electrons. The average Bonchev–Trinajstić information content (AvgIpc) is 2.89. The molecule has 0 atom stereocenters. The van der Waals surface area contributed by atoms with E-state index in [2.05, 4.69) is 15.9 Å². The molecule has 0 aliphatic heterocycles. The molecule has 3 aromatic rings. The second-order valence-electron chi connectivity index (χ2n) is 5.15. The van der Waals surface area contributed by atoms with Crippen LogP contribution < -0.4 is 0 Å². The van der Waals surface area contributed by atoms with Crippen molar-refractivity contribution in [2.45, 2.75) is 4.90 Å². The van der Waals surface area contributed by atoms with E-state index in [4.69, 9.17) is 0 Å². The topological polar surface area (TPSA) is 39.1 Å². The summed E-state index contributed by atoms with van der Waals surface area (Å²) in [4.78, 5) is 0.278. The lowest BCUT2D eigenvalue weighted by atomic mass is 10.1. The van der Waals surface area contributed by atoms with Gasteiger partial charge in [-0.05, 0) is 70.0 Å². The molecular weight excluding hydrogens is 381 g/mol. The van der Waals surface area contributed by atoms with Gasteiger partial charge in [0.1, 0.15) is 5.82 Å². The highest BCUT2D eigenvalue weighted by molar-refractivity contribution is 9.10. The Balaban J connectivity index is 2.10. The highest BCUT2D eigenvalue weighted by Crippen LogP contribution is 2.30. The van der Waals surface area contributed by atoms with Crippen LogP contribution in [0.15, 0.2) is 70.2 Å². The molecule has 3 nitrogen and oxygen atoms in total. The summed E-state index contributed by atoms with van der Waals surface area (Å²) in [5.41, 5.74) is 2.56. The van der Waals surface area contributed by atoms with Gasteiger partial charge in [-0.3, -0.25) is 0 Å². The lowest BCUT2D eigenvalue weighted by Crippen LogP contribution is -1.99. The van der Waals surface area contributed by atoms with Gasteiger partial charge in [0.05, 0.1) is 15.2 Å². The standard InChI is InChI=1S/C17H13BrFNO2S/c1-23(21,22)15-8-2-12(3-9-15)16-10-11-17(18)20(16)14-6-4-13(19)5-7-14/h2-11H,1H3. The van der Waals surface area contributed by atoms with Crippen LogP contribution in [-0.4, -0.2) is 19.2 Å². The van der Waals surface area contributed by atoms with E-state index >= 15 is 0 Å². The van der Waals surface area contributed by atoms with E-state index < -0.39 is 9.84 Å². The molecule has 0 unspecified atom stereocenters. The number of hydrogen-bond donors (Lipinski definition) is 0. The Morgan fingerprint density at radius 3 is 2.09 bits per heavy atom. The first-order valence-corrected chi connectivity index (χ1v) is 9.48. The Morgan fingerprint density at radius 2 is 1.52 bits per heavy atom. The first-order valence-electron chi connectivity index (χ1n) is 6.80. The molecule has 0 aliphatic carbocycles. The van der Waals surface area contributed by atoms with Crippen molar-refractivity contribution < 1.29 is 12.8 Å². The van der Waals surface area contributed by atoms with Crippen LogP contribution in [0.2, 0.25) is 0 Å². The quantitative estimate of drug-likeness (QED) is 0.659. The molecule has 3 rings (SSSR count). The van der Waals surface area contributed by atoms with Crippen molar-refractivity contribution >= 4 is 25.8 Å². The zero-order chi connectivity index (χ0) is 16.6. The summed E-state index contributed by atoms with van der Waals surface area (Å²) in [6.45, 7) is 0. The molecule has 0 N–H and O–H groups in total. The smallest absolute Gasteiger partial charge is 0.175 e. The molecule has 0 spiro atoms. The minimum absolute atomic E-state index is 0.278. The first kappa shape index (κ1) is 16.0. The summed E-state index contributed by atoms with van der Waals surface area (Å²) in [5.74, 6) is -0.295. The van der Waals surface area contributed by atoms with Crippen LogP contribution in [-0.2, 0) is 9.84 Å². The third kappa shape index (κ3) is 3.23. The van der Waals surface area contributed by atoms with E-state index in [0.717, 1.165) is 21.5 Å². The maximum absolute atomic E-state index is 13.1. The van der Waals surface area contributed by atoms with Gasteiger partial charge in [0, 0.05) is 11.9 Å². The number of aromatic nitrogens is 1. The predicted octanol–water partition coefficient (Wildman–Crippen LogP) is 4.45. The second kappa shape index (κ2) is 5.94. The third-order valence-electron chi connectivity index (χ3n) is 3.50. The Labute approximate surface area is 142 Å². The van der Waals surface area contributed by atoms with Crippen LogP contribution in [0.3, 0.4) is 0 Å². The van der Waals surface area contributed by atoms with Crippen molar-refractivity contribution in [3.8, 4) is 16.9 Å². The van der Waals surface area contributed by atoms with Crippen molar-refractivity contribution in [3.63, 3.8) is 0 Å². The van der Waals surface area contributed by atoms with Crippen molar-refractivity contribution in [1.82, 2.24) is 4.57 Å². The summed E-state index contributed by atoms with van der Waals surface area (Å²) in [5, 5.41) is 0. The van der Waals surface area contributed by atoms with Crippen LogP contribution in [0.25, 0.3) is 16.9 Å². The molecule has 0 bridgehead atoms. The number of hydrogen-bond acceptors (Lipinski definition) is 2. The Bertz CT molecular complexity index is 945. The number of benzene rings is 2. The molecule has 0 saturated carbocycles. The van der Waals surface area contributed by atoms with Crippen LogP contribution in [0.4, 0.5) is 4.39 Å². The third-order valence-corrected chi connectivity index (χ3v) is 5.24. The van der Waals surface area contributed by atoms with Gasteiger partial charge in [-0.1, -0.05) is 12.1 Å². The van der Waals surface area contributed by atoms with Gasteiger partial charge < -0.3 is 4.57 Å². The van der Waals surface area contributed by atoms with Gasteiger partial charge in [0.15, 0.2) is 9.84 Å². The molecule has 2 aromatic carbocycles. The summed E-state index contributed by atoms with van der Waals surface area (Å²) >= 11 is 3.49. The largest absolute Gasteiger partial charge is 0.304 e. The lowest BCUT2D eigenvalue weighted by molar-refractivity contribution is 0.602. The van der Waals surface area contributed by atoms with Gasteiger partial charge in [0.2, 0.25) is 0 Å². The van der Waals surface area contributed by atoms with Crippen molar-refractivity contribution in [2.24, 2.45) is 0 Å². The molecule has 1 heterocycles. The maximum atomic E-state index is 13.1. The summed E-state index contributed by atoms with van der Waals surface area (Å²) in [6.07, 6.45) is 1.18. The van der Waals surface area contributed by atoms with Gasteiger partial charge in [-0.15, -0.1) is 0 Å². The summed E-state index contributed by atoms with van der Waals surface area (Å²) in [6, 6.07) is 16.7. The summed E-state index contributed by atoms with van der Waals surface area (Å²) in [7, 11) is -3.22. The minimum atomic E-state index is -3.22. The lowest BCUT2D eigenvalue weighted by Gasteiger charge is -2.11. The second-order valence-corrected chi connectivity index (χ2v) is 7.98. The molecule has 0 amide bonds. The van der Waals surface area contributed by atoms with Crippen molar-refractivity contribution in [1.29, 1.82) is 0 Å². The van der Waals surface area contributed by atoms with E-state index in [1.54, 1.807) is 36.4 Å². The normalized spacial score (nSPS) is 11.6. The Kier molecular flexibility index (Phi) is 4.12. The molecule has 23 heavy (non-hydrogen) atoms. The fraction of sp³-hybridized carbons (Fsp3) is 0.0588. The molecule has 0 fully saturated rings. The molecule has 6 heteroatoms.